The van der Waals surface area contributed by atoms with Crippen molar-refractivity contribution in [3.05, 3.63) is 59.0 Å². The van der Waals surface area contributed by atoms with Gasteiger partial charge in [-0.3, -0.25) is 4.79 Å². The van der Waals surface area contributed by atoms with Gasteiger partial charge in [-0.15, -0.1) is 0 Å². The molecule has 0 radical (unpaired) electrons. The number of nitrogens with one attached hydrogen (secondary N) is 1. The molecule has 0 aliphatic carbocycles. The summed E-state index contributed by atoms with van der Waals surface area (Å²) in [7, 11) is 1.44. The maximum Gasteiger partial charge on any atom is 0.279 e. The van der Waals surface area contributed by atoms with Gasteiger partial charge in [0.1, 0.15) is 5.82 Å². The Labute approximate surface area is 138 Å². The maximum atomic E-state index is 13.0. The first-order valence-corrected chi connectivity index (χ1v) is 7.38. The van der Waals surface area contributed by atoms with E-state index in [2.05, 4.69) is 15.3 Å². The zero-order valence-corrected chi connectivity index (χ0v) is 13.6. The first-order valence-electron chi connectivity index (χ1n) is 7.38. The minimum absolute atomic E-state index is 0.0811. The zero-order valence-electron chi connectivity index (χ0n) is 13.6. The van der Waals surface area contributed by atoms with Gasteiger partial charge in [-0.2, -0.15) is 0 Å². The van der Waals surface area contributed by atoms with Gasteiger partial charge < -0.3 is 10.1 Å². The van der Waals surface area contributed by atoms with Crippen molar-refractivity contribution >= 4 is 22.6 Å². The quantitative estimate of drug-likeness (QED) is 0.798. The normalized spacial score (nSPS) is 10.7. The van der Waals surface area contributed by atoms with Crippen molar-refractivity contribution in [1.29, 1.82) is 0 Å². The van der Waals surface area contributed by atoms with E-state index in [4.69, 9.17) is 4.74 Å². The van der Waals surface area contributed by atoms with E-state index in [-0.39, 0.29) is 17.4 Å². The lowest BCUT2D eigenvalue weighted by Crippen LogP contribution is -2.16. The molecule has 0 aliphatic heterocycles. The fraction of sp³-hybridized carbons (Fsp3) is 0.167. The molecule has 1 N–H and O–H groups in total. The van der Waals surface area contributed by atoms with Crippen LogP contribution in [0.3, 0.4) is 0 Å². The van der Waals surface area contributed by atoms with Crippen LogP contribution in [0.25, 0.3) is 11.0 Å². The molecule has 122 valence electrons. The SMILES string of the molecule is COc1nc2cc(C)c(C)cc2nc1C(=O)Nc1ccc(F)cc1. The number of carbonyl (C=O) groups excluding carboxylic acids is 1. The summed E-state index contributed by atoms with van der Waals surface area (Å²) < 4.78 is 18.2. The summed E-state index contributed by atoms with van der Waals surface area (Å²) in [4.78, 5) is 21.2. The molecular weight excluding hydrogens is 309 g/mol. The van der Waals surface area contributed by atoms with Gasteiger partial charge in [0.05, 0.1) is 18.1 Å². The first kappa shape index (κ1) is 15.9. The molecule has 0 saturated heterocycles. The largest absolute Gasteiger partial charge is 0.479 e. The standard InChI is InChI=1S/C18H16FN3O2/c1-10-8-14-15(9-11(10)2)22-18(24-3)16(21-14)17(23)20-13-6-4-12(19)5-7-13/h4-9H,1-3H3,(H,20,23). The molecule has 2 aromatic carbocycles. The summed E-state index contributed by atoms with van der Waals surface area (Å²) in [5, 5.41) is 2.66. The lowest BCUT2D eigenvalue weighted by atomic mass is 10.1. The van der Waals surface area contributed by atoms with E-state index in [0.717, 1.165) is 11.1 Å². The first-order chi connectivity index (χ1) is 11.5. The smallest absolute Gasteiger partial charge is 0.279 e. The molecule has 0 spiro atoms. The Balaban J connectivity index is 2.01. The van der Waals surface area contributed by atoms with Crippen LogP contribution in [0.5, 0.6) is 5.88 Å². The molecule has 3 aromatic rings. The number of aromatic nitrogens is 2. The van der Waals surface area contributed by atoms with Crippen LogP contribution in [0.4, 0.5) is 10.1 Å². The second-order valence-electron chi connectivity index (χ2n) is 5.47. The highest BCUT2D eigenvalue weighted by atomic mass is 19.1. The molecule has 24 heavy (non-hydrogen) atoms. The molecule has 0 unspecified atom stereocenters. The fourth-order valence-corrected chi connectivity index (χ4v) is 2.31. The number of halogens is 1. The van der Waals surface area contributed by atoms with E-state index < -0.39 is 5.91 Å². The Morgan fingerprint density at radius 3 is 2.21 bits per heavy atom. The van der Waals surface area contributed by atoms with Crippen LogP contribution in [-0.2, 0) is 0 Å². The van der Waals surface area contributed by atoms with Gasteiger partial charge in [0.2, 0.25) is 5.88 Å². The van der Waals surface area contributed by atoms with Gasteiger partial charge in [-0.1, -0.05) is 0 Å². The van der Waals surface area contributed by atoms with Crippen LogP contribution < -0.4 is 10.1 Å². The van der Waals surface area contributed by atoms with Crippen molar-refractivity contribution in [1.82, 2.24) is 9.97 Å². The van der Waals surface area contributed by atoms with Gasteiger partial charge in [-0.25, -0.2) is 14.4 Å². The van der Waals surface area contributed by atoms with Crippen LogP contribution >= 0.6 is 0 Å². The third-order valence-electron chi connectivity index (χ3n) is 3.76. The van der Waals surface area contributed by atoms with E-state index >= 15 is 0 Å². The number of carbonyl (C=O) groups is 1. The predicted octanol–water partition coefficient (Wildman–Crippen LogP) is 3.65. The summed E-state index contributed by atoms with van der Waals surface area (Å²) in [5.41, 5.74) is 3.97. The second kappa shape index (κ2) is 6.23. The number of methoxy groups -OCH3 is 1. The number of hydrogen-bond acceptors (Lipinski definition) is 4. The lowest BCUT2D eigenvalue weighted by Gasteiger charge is -2.10. The molecule has 0 saturated carbocycles. The third-order valence-corrected chi connectivity index (χ3v) is 3.76. The number of aryl methyl sites for hydroxylation is 2. The molecule has 0 atom stereocenters. The monoisotopic (exact) mass is 325 g/mol. The van der Waals surface area contributed by atoms with Crippen LogP contribution in [0, 0.1) is 19.7 Å². The van der Waals surface area contributed by atoms with Gasteiger partial charge in [-0.05, 0) is 61.4 Å². The highest BCUT2D eigenvalue weighted by Crippen LogP contribution is 2.22. The van der Waals surface area contributed by atoms with Gasteiger partial charge in [0.25, 0.3) is 5.91 Å². The molecule has 5 nitrogen and oxygen atoms in total. The van der Waals surface area contributed by atoms with E-state index in [9.17, 15) is 9.18 Å². The average molecular weight is 325 g/mol. The number of ether oxygens (including phenoxy) is 1. The lowest BCUT2D eigenvalue weighted by molar-refractivity contribution is 0.101. The Hall–Kier alpha value is -3.02. The molecule has 1 amide bonds. The van der Waals surface area contributed by atoms with Crippen molar-refractivity contribution in [2.45, 2.75) is 13.8 Å². The zero-order chi connectivity index (χ0) is 17.3. The van der Waals surface area contributed by atoms with Crippen LogP contribution in [-0.4, -0.2) is 23.0 Å². The Morgan fingerprint density at radius 1 is 1.04 bits per heavy atom. The van der Waals surface area contributed by atoms with E-state index in [0.29, 0.717) is 16.7 Å². The summed E-state index contributed by atoms with van der Waals surface area (Å²) >= 11 is 0. The summed E-state index contributed by atoms with van der Waals surface area (Å²) in [6.45, 7) is 3.96. The topological polar surface area (TPSA) is 64.1 Å². The van der Waals surface area contributed by atoms with Crippen molar-refractivity contribution in [2.24, 2.45) is 0 Å². The van der Waals surface area contributed by atoms with Gasteiger partial charge in [0.15, 0.2) is 5.69 Å². The average Bonchev–Trinajstić information content (AvgIpc) is 2.57. The molecule has 3 rings (SSSR count). The number of rotatable bonds is 3. The number of nitrogens with zero attached hydrogens (tertiary/aromatic N) is 2. The second-order valence-corrected chi connectivity index (χ2v) is 5.47. The van der Waals surface area contributed by atoms with Gasteiger partial charge >= 0.3 is 0 Å². The maximum absolute atomic E-state index is 13.0. The highest BCUT2D eigenvalue weighted by Gasteiger charge is 2.18. The summed E-state index contributed by atoms with van der Waals surface area (Å²) in [6.07, 6.45) is 0. The van der Waals surface area contributed by atoms with Gasteiger partial charge in [0, 0.05) is 5.69 Å². The van der Waals surface area contributed by atoms with Crippen molar-refractivity contribution in [3.8, 4) is 5.88 Å². The summed E-state index contributed by atoms with van der Waals surface area (Å²) in [6, 6.07) is 9.27. The Bertz CT molecular complexity index is 924. The number of amides is 1. The van der Waals surface area contributed by atoms with E-state index in [1.165, 1.54) is 31.4 Å². The van der Waals surface area contributed by atoms with Crippen LogP contribution in [0.1, 0.15) is 21.6 Å². The van der Waals surface area contributed by atoms with Crippen molar-refractivity contribution in [2.75, 3.05) is 12.4 Å². The molecule has 0 aliphatic rings. The number of fused-ring (bicyclic) bond motifs is 1. The highest BCUT2D eigenvalue weighted by molar-refractivity contribution is 6.05. The van der Waals surface area contributed by atoms with Crippen LogP contribution in [0.15, 0.2) is 36.4 Å². The molecule has 6 heteroatoms. The predicted molar refractivity (Wildman–Crippen MR) is 89.9 cm³/mol. The van der Waals surface area contributed by atoms with E-state index in [1.807, 2.05) is 26.0 Å². The van der Waals surface area contributed by atoms with E-state index in [1.54, 1.807) is 0 Å². The number of benzene rings is 2. The van der Waals surface area contributed by atoms with Crippen molar-refractivity contribution in [3.63, 3.8) is 0 Å². The third kappa shape index (κ3) is 3.03. The Morgan fingerprint density at radius 2 is 1.62 bits per heavy atom. The fourth-order valence-electron chi connectivity index (χ4n) is 2.31. The Kier molecular flexibility index (Phi) is 4.12. The molecule has 1 heterocycles. The summed E-state index contributed by atoms with van der Waals surface area (Å²) in [5.74, 6) is -0.696. The number of anilines is 1. The minimum Gasteiger partial charge on any atom is -0.479 e. The van der Waals surface area contributed by atoms with Crippen molar-refractivity contribution < 1.29 is 13.9 Å². The minimum atomic E-state index is -0.467. The molecule has 0 bridgehead atoms. The number of hydrogen-bond donors (Lipinski definition) is 1. The molecule has 0 fully saturated rings. The van der Waals surface area contributed by atoms with Crippen LogP contribution in [0.2, 0.25) is 0 Å². The molecule has 1 aromatic heterocycles. The molecular formula is C18H16FN3O2.